The van der Waals surface area contributed by atoms with Gasteiger partial charge in [-0.2, -0.15) is 0 Å². The summed E-state index contributed by atoms with van der Waals surface area (Å²) in [6.07, 6.45) is 3.41. The highest BCUT2D eigenvalue weighted by atomic mass is 16.3. The first-order valence-electron chi connectivity index (χ1n) is 7.02. The molecule has 1 saturated heterocycles. The lowest BCUT2D eigenvalue weighted by atomic mass is 9.86. The van der Waals surface area contributed by atoms with Gasteiger partial charge in [0, 0.05) is 5.54 Å². The molecule has 18 heavy (non-hydrogen) atoms. The highest BCUT2D eigenvalue weighted by Crippen LogP contribution is 2.34. The number of hydrogen-bond donors (Lipinski definition) is 1. The molecule has 100 valence electrons. The molecule has 1 fully saturated rings. The molecule has 0 aliphatic carbocycles. The normalized spacial score (nSPS) is 19.8. The van der Waals surface area contributed by atoms with Gasteiger partial charge in [0.2, 0.25) is 0 Å². The smallest absolute Gasteiger partial charge is 0.0970 e. The Hall–Kier alpha value is -0.860. The number of benzene rings is 1. The number of aryl methyl sites for hydroxylation is 1. The van der Waals surface area contributed by atoms with E-state index in [-0.39, 0.29) is 5.54 Å². The minimum absolute atomic E-state index is 0.188. The highest BCUT2D eigenvalue weighted by Gasteiger charge is 2.36. The van der Waals surface area contributed by atoms with E-state index in [0.29, 0.717) is 0 Å². The van der Waals surface area contributed by atoms with Crippen molar-refractivity contribution in [1.29, 1.82) is 0 Å². The molecular formula is C16H25NO. The van der Waals surface area contributed by atoms with E-state index < -0.39 is 6.10 Å². The fourth-order valence-electron chi connectivity index (χ4n) is 2.92. The summed E-state index contributed by atoms with van der Waals surface area (Å²) in [5.41, 5.74) is 2.05. The molecule has 2 nitrogen and oxygen atoms in total. The van der Waals surface area contributed by atoms with E-state index in [1.165, 1.54) is 24.8 Å². The lowest BCUT2D eigenvalue weighted by molar-refractivity contribution is -0.0211. The minimum Gasteiger partial charge on any atom is -0.386 e. The third-order valence-electron chi connectivity index (χ3n) is 4.32. The van der Waals surface area contributed by atoms with Crippen LogP contribution in [0.1, 0.15) is 50.3 Å². The van der Waals surface area contributed by atoms with Crippen LogP contribution < -0.4 is 0 Å². The molecule has 2 rings (SSSR count). The molecule has 2 heteroatoms. The van der Waals surface area contributed by atoms with Crippen LogP contribution in [0, 0.1) is 6.92 Å². The fraction of sp³-hybridized carbons (Fsp3) is 0.625. The number of aliphatic hydroxyl groups excluding tert-OH is 1. The molecular weight excluding hydrogens is 222 g/mol. The molecule has 1 unspecified atom stereocenters. The Kier molecular flexibility index (Phi) is 4.08. The summed E-state index contributed by atoms with van der Waals surface area (Å²) in [7, 11) is 0. The van der Waals surface area contributed by atoms with Gasteiger partial charge in [0.05, 0.1) is 6.10 Å². The van der Waals surface area contributed by atoms with Crippen molar-refractivity contribution in [2.75, 3.05) is 13.1 Å². The van der Waals surface area contributed by atoms with Crippen LogP contribution in [0.3, 0.4) is 0 Å². The minimum atomic E-state index is -0.420. The van der Waals surface area contributed by atoms with E-state index in [1.807, 2.05) is 18.2 Å². The van der Waals surface area contributed by atoms with Gasteiger partial charge in [-0.1, -0.05) is 30.7 Å². The largest absolute Gasteiger partial charge is 0.386 e. The van der Waals surface area contributed by atoms with Gasteiger partial charge in [-0.25, -0.2) is 0 Å². The summed E-state index contributed by atoms with van der Waals surface area (Å²) in [5.74, 6) is 0. The van der Waals surface area contributed by atoms with Gasteiger partial charge in [0.1, 0.15) is 0 Å². The molecule has 0 radical (unpaired) electrons. The van der Waals surface area contributed by atoms with Gasteiger partial charge in [0.25, 0.3) is 0 Å². The number of piperidine rings is 1. The Morgan fingerprint density at radius 3 is 2.33 bits per heavy atom. The lowest BCUT2D eigenvalue weighted by Crippen LogP contribution is -2.50. The van der Waals surface area contributed by atoms with Crippen molar-refractivity contribution in [2.45, 2.75) is 51.7 Å². The van der Waals surface area contributed by atoms with Gasteiger partial charge in [-0.3, -0.25) is 4.90 Å². The Bertz CT molecular complexity index is 394. The second-order valence-electron chi connectivity index (χ2n) is 5.96. The molecule has 1 aromatic rings. The molecule has 0 amide bonds. The second kappa shape index (κ2) is 5.41. The van der Waals surface area contributed by atoms with Crippen molar-refractivity contribution >= 4 is 0 Å². The molecule has 0 saturated carbocycles. The Morgan fingerprint density at radius 2 is 1.72 bits per heavy atom. The van der Waals surface area contributed by atoms with Crippen LogP contribution in [0.5, 0.6) is 0 Å². The standard InChI is InChI=1S/C16H25NO/c1-13-9-5-6-10-14(13)15(18)16(2,3)17-11-7-4-8-12-17/h5-6,9-10,15,18H,4,7-8,11-12H2,1-3H3. The number of nitrogens with zero attached hydrogens (tertiary/aromatic N) is 1. The Morgan fingerprint density at radius 1 is 1.11 bits per heavy atom. The van der Waals surface area contributed by atoms with Crippen LogP contribution in [0.15, 0.2) is 24.3 Å². The maximum atomic E-state index is 10.7. The molecule has 1 aromatic carbocycles. The van der Waals surface area contributed by atoms with Crippen molar-refractivity contribution in [3.63, 3.8) is 0 Å². The van der Waals surface area contributed by atoms with Crippen molar-refractivity contribution in [3.05, 3.63) is 35.4 Å². The molecule has 0 bridgehead atoms. The summed E-state index contributed by atoms with van der Waals surface area (Å²) >= 11 is 0. The molecule has 0 aromatic heterocycles. The predicted molar refractivity (Wildman–Crippen MR) is 75.6 cm³/mol. The Labute approximate surface area is 111 Å². The van der Waals surface area contributed by atoms with Crippen molar-refractivity contribution < 1.29 is 5.11 Å². The number of hydrogen-bond acceptors (Lipinski definition) is 2. The van der Waals surface area contributed by atoms with E-state index in [1.54, 1.807) is 0 Å². The van der Waals surface area contributed by atoms with Gasteiger partial charge in [0.15, 0.2) is 0 Å². The molecule has 0 spiro atoms. The van der Waals surface area contributed by atoms with E-state index >= 15 is 0 Å². The third-order valence-corrected chi connectivity index (χ3v) is 4.32. The summed E-state index contributed by atoms with van der Waals surface area (Å²) in [4.78, 5) is 2.44. The summed E-state index contributed by atoms with van der Waals surface area (Å²) in [6.45, 7) is 8.61. The van der Waals surface area contributed by atoms with Crippen molar-refractivity contribution in [3.8, 4) is 0 Å². The maximum absolute atomic E-state index is 10.7. The van der Waals surface area contributed by atoms with E-state index in [4.69, 9.17) is 0 Å². The molecule has 1 aliphatic heterocycles. The topological polar surface area (TPSA) is 23.5 Å². The van der Waals surface area contributed by atoms with Crippen LogP contribution in [-0.2, 0) is 0 Å². The third kappa shape index (κ3) is 2.60. The van der Waals surface area contributed by atoms with Crippen molar-refractivity contribution in [1.82, 2.24) is 4.90 Å². The molecule has 1 aliphatic rings. The number of rotatable bonds is 3. The van der Waals surface area contributed by atoms with E-state index in [0.717, 1.165) is 18.7 Å². The lowest BCUT2D eigenvalue weighted by Gasteiger charge is -2.44. The fourth-order valence-corrected chi connectivity index (χ4v) is 2.92. The molecule has 1 N–H and O–H groups in total. The highest BCUT2D eigenvalue weighted by molar-refractivity contribution is 5.29. The zero-order valence-corrected chi connectivity index (χ0v) is 11.8. The van der Waals surface area contributed by atoms with Gasteiger partial charge < -0.3 is 5.11 Å². The van der Waals surface area contributed by atoms with Crippen molar-refractivity contribution in [2.24, 2.45) is 0 Å². The van der Waals surface area contributed by atoms with Crippen LogP contribution in [-0.4, -0.2) is 28.6 Å². The zero-order valence-electron chi connectivity index (χ0n) is 11.8. The molecule has 1 heterocycles. The van der Waals surface area contributed by atoms with Gasteiger partial charge in [-0.05, 0) is 57.8 Å². The average molecular weight is 247 g/mol. The SMILES string of the molecule is Cc1ccccc1C(O)C(C)(C)N1CCCCC1. The van der Waals surface area contributed by atoms with Gasteiger partial charge >= 0.3 is 0 Å². The van der Waals surface area contributed by atoms with Crippen LogP contribution in [0.4, 0.5) is 0 Å². The second-order valence-corrected chi connectivity index (χ2v) is 5.96. The first-order chi connectivity index (χ1) is 8.53. The van der Waals surface area contributed by atoms with Crippen LogP contribution in [0.25, 0.3) is 0 Å². The molecule has 1 atom stereocenters. The van der Waals surface area contributed by atoms with Crippen LogP contribution >= 0.6 is 0 Å². The monoisotopic (exact) mass is 247 g/mol. The number of aliphatic hydroxyl groups is 1. The Balaban J connectivity index is 2.20. The summed E-state index contributed by atoms with van der Waals surface area (Å²) in [5, 5.41) is 10.7. The van der Waals surface area contributed by atoms with E-state index in [9.17, 15) is 5.11 Å². The average Bonchev–Trinajstić information content (AvgIpc) is 2.39. The predicted octanol–water partition coefficient (Wildman–Crippen LogP) is 3.29. The zero-order chi connectivity index (χ0) is 13.2. The van der Waals surface area contributed by atoms with Gasteiger partial charge in [-0.15, -0.1) is 0 Å². The number of likely N-dealkylation sites (tertiary alicyclic amines) is 1. The first-order valence-corrected chi connectivity index (χ1v) is 7.02. The summed E-state index contributed by atoms with van der Waals surface area (Å²) in [6, 6.07) is 8.16. The summed E-state index contributed by atoms with van der Waals surface area (Å²) < 4.78 is 0. The van der Waals surface area contributed by atoms with E-state index in [2.05, 4.69) is 31.7 Å². The quantitative estimate of drug-likeness (QED) is 0.886. The maximum Gasteiger partial charge on any atom is 0.0970 e. The van der Waals surface area contributed by atoms with Crippen LogP contribution in [0.2, 0.25) is 0 Å². The first kappa shape index (κ1) is 13.6.